The number of carbonyl (C=O) groups excluding carboxylic acids is 4. The monoisotopic (exact) mass is 816 g/mol. The van der Waals surface area contributed by atoms with Gasteiger partial charge in [0.2, 0.25) is 11.8 Å². The van der Waals surface area contributed by atoms with Gasteiger partial charge in [-0.25, -0.2) is 19.6 Å². The molecule has 14 heteroatoms. The molecule has 6 atom stereocenters. The van der Waals surface area contributed by atoms with Gasteiger partial charge >= 0.3 is 12.2 Å². The van der Waals surface area contributed by atoms with E-state index >= 15 is 0 Å². The molecule has 0 aliphatic carbocycles. The third-order valence-corrected chi connectivity index (χ3v) is 12.1. The number of carbonyl (C=O) groups is 4. The number of amides is 4. The molecule has 7 rings (SSSR count). The summed E-state index contributed by atoms with van der Waals surface area (Å²) >= 11 is 0. The second-order valence-corrected chi connectivity index (χ2v) is 16.3. The Morgan fingerprint density at radius 1 is 0.633 bits per heavy atom. The van der Waals surface area contributed by atoms with Crippen LogP contribution in [-0.2, 0) is 19.1 Å². The molecule has 0 unspecified atom stereocenters. The van der Waals surface area contributed by atoms with Crippen molar-refractivity contribution in [1.82, 2.24) is 40.4 Å². The average molecular weight is 817 g/mol. The molecule has 0 radical (unpaired) electrons. The van der Waals surface area contributed by atoms with Crippen molar-refractivity contribution >= 4 is 34.8 Å². The van der Waals surface area contributed by atoms with E-state index in [1.165, 1.54) is 14.2 Å². The molecule has 2 aliphatic heterocycles. The Kier molecular flexibility index (Phi) is 12.9. The Bertz CT molecular complexity index is 2320. The number of nitrogens with one attached hydrogen (secondary N) is 4. The fourth-order valence-corrected chi connectivity index (χ4v) is 8.58. The highest BCUT2D eigenvalue weighted by molar-refractivity contribution is 5.91. The number of nitrogens with zero attached hydrogens (tertiary/aromatic N) is 4. The van der Waals surface area contributed by atoms with Crippen molar-refractivity contribution in [2.45, 2.75) is 90.4 Å². The number of hydrogen-bond acceptors (Lipinski definition) is 8. The summed E-state index contributed by atoms with van der Waals surface area (Å²) in [6, 6.07) is 19.4. The van der Waals surface area contributed by atoms with Gasteiger partial charge in [0, 0.05) is 18.7 Å². The lowest BCUT2D eigenvalue weighted by Crippen LogP contribution is -2.52. The van der Waals surface area contributed by atoms with E-state index in [-0.39, 0.29) is 23.9 Å². The van der Waals surface area contributed by atoms with Crippen molar-refractivity contribution in [1.29, 1.82) is 0 Å². The number of fused-ring (bicyclic) bond motifs is 1. The number of H-pyrrole nitrogens is 2. The lowest BCUT2D eigenvalue weighted by Gasteiger charge is -2.39. The van der Waals surface area contributed by atoms with Crippen molar-refractivity contribution in [2.75, 3.05) is 27.3 Å². The molecule has 316 valence electrons. The first-order valence-corrected chi connectivity index (χ1v) is 21.0. The lowest BCUT2D eigenvalue weighted by atomic mass is 9.92. The standard InChI is InChI=1S/C46H56N8O6/c1-7-35(51-45(57)59-5)43(55)53-25-27(3)9-19-39(53)41-47-23-37(49-41)30-13-11-29(12-14-30)31-15-16-33-22-34(18-17-32(33)21-31)38-24-48-42(50-38)40-20-10-28(4)26-54(40)44(56)36(8-2)52-46(58)60-6/h11-18,21-24,27-28,35-36,39-40H,7-10,19-20,25-26H2,1-6H3,(H,47,49)(H,48,50)(H,51,57)(H,52,58)/t27-,28-,35-,36-,39-,40-/m0/s1. The van der Waals surface area contributed by atoms with Gasteiger partial charge in [0.1, 0.15) is 23.7 Å². The van der Waals surface area contributed by atoms with Crippen LogP contribution in [0.25, 0.3) is 44.4 Å². The largest absolute Gasteiger partial charge is 0.453 e. The Morgan fingerprint density at radius 3 is 1.52 bits per heavy atom. The molecule has 5 aromatic rings. The number of alkyl carbamates (subject to hydrolysis) is 2. The van der Waals surface area contributed by atoms with Gasteiger partial charge in [0.15, 0.2) is 0 Å². The maximum Gasteiger partial charge on any atom is 0.407 e. The lowest BCUT2D eigenvalue weighted by molar-refractivity contribution is -0.139. The van der Waals surface area contributed by atoms with Gasteiger partial charge in [0.05, 0.1) is 50.1 Å². The van der Waals surface area contributed by atoms with Gasteiger partial charge in [-0.15, -0.1) is 0 Å². The highest BCUT2D eigenvalue weighted by Gasteiger charge is 2.38. The maximum atomic E-state index is 13.7. The van der Waals surface area contributed by atoms with Gasteiger partial charge in [-0.3, -0.25) is 9.59 Å². The number of piperidine rings is 2. The molecule has 2 aromatic heterocycles. The molecule has 0 bridgehead atoms. The predicted molar refractivity (Wildman–Crippen MR) is 229 cm³/mol. The van der Waals surface area contributed by atoms with Crippen LogP contribution in [0.5, 0.6) is 0 Å². The van der Waals surface area contributed by atoms with Crippen LogP contribution in [0.3, 0.4) is 0 Å². The minimum atomic E-state index is -0.672. The summed E-state index contributed by atoms with van der Waals surface area (Å²) < 4.78 is 9.53. The van der Waals surface area contributed by atoms with Gasteiger partial charge in [-0.05, 0) is 90.0 Å². The van der Waals surface area contributed by atoms with Crippen LogP contribution in [0.15, 0.2) is 73.1 Å². The van der Waals surface area contributed by atoms with Crippen LogP contribution in [0, 0.1) is 11.8 Å². The topological polar surface area (TPSA) is 175 Å². The van der Waals surface area contributed by atoms with Crippen LogP contribution >= 0.6 is 0 Å². The van der Waals surface area contributed by atoms with E-state index in [1.54, 1.807) is 0 Å². The first kappa shape index (κ1) is 42.0. The summed E-state index contributed by atoms with van der Waals surface area (Å²) in [5.74, 6) is 1.88. The third kappa shape index (κ3) is 9.02. The van der Waals surface area contributed by atoms with E-state index in [9.17, 15) is 19.2 Å². The number of aromatic nitrogens is 4. The molecule has 60 heavy (non-hydrogen) atoms. The van der Waals surface area contributed by atoms with Crippen molar-refractivity contribution in [3.05, 3.63) is 84.7 Å². The molecule has 4 heterocycles. The van der Waals surface area contributed by atoms with Crippen molar-refractivity contribution in [3.63, 3.8) is 0 Å². The van der Waals surface area contributed by atoms with Gasteiger partial charge in [-0.2, -0.15) is 0 Å². The first-order chi connectivity index (χ1) is 29.0. The number of ether oxygens (including phenoxy) is 2. The number of likely N-dealkylation sites (tertiary alicyclic amines) is 2. The molecule has 4 N–H and O–H groups in total. The zero-order valence-electron chi connectivity index (χ0n) is 35.3. The Labute approximate surface area is 350 Å². The molecular weight excluding hydrogens is 761 g/mol. The van der Waals surface area contributed by atoms with E-state index < -0.39 is 24.3 Å². The smallest absolute Gasteiger partial charge is 0.407 e. The first-order valence-electron chi connectivity index (χ1n) is 21.0. The molecule has 3 aromatic carbocycles. The SMILES string of the molecule is CC[C@H](NC(=O)OC)C(=O)N1C[C@@H](C)CC[C@H]1c1ncc(-c2ccc(-c3ccc4cc(-c5cnc([C@@H]6CC[C@H](C)CN6C(=O)[C@H](CC)NC(=O)OC)[nH]5)ccc4c3)cc2)[nH]1. The number of hydrogen-bond donors (Lipinski definition) is 4. The van der Waals surface area contributed by atoms with E-state index in [4.69, 9.17) is 19.4 Å². The highest BCUT2D eigenvalue weighted by atomic mass is 16.5. The minimum Gasteiger partial charge on any atom is -0.453 e. The normalized spacial score (nSPS) is 20.3. The number of benzene rings is 3. The summed E-state index contributed by atoms with van der Waals surface area (Å²) in [5.41, 5.74) is 5.90. The summed E-state index contributed by atoms with van der Waals surface area (Å²) in [5, 5.41) is 7.57. The van der Waals surface area contributed by atoms with Gasteiger partial charge in [-0.1, -0.05) is 76.2 Å². The van der Waals surface area contributed by atoms with E-state index in [0.29, 0.717) is 37.8 Å². The van der Waals surface area contributed by atoms with E-state index in [2.05, 4.69) is 95.1 Å². The van der Waals surface area contributed by atoms with Crippen LogP contribution in [-0.4, -0.2) is 93.1 Å². The van der Waals surface area contributed by atoms with Crippen LogP contribution in [0.4, 0.5) is 9.59 Å². The summed E-state index contributed by atoms with van der Waals surface area (Å²) in [6.07, 6.45) is 6.82. The second kappa shape index (κ2) is 18.4. The third-order valence-electron chi connectivity index (χ3n) is 12.1. The van der Waals surface area contributed by atoms with E-state index in [0.717, 1.165) is 81.7 Å². The fourth-order valence-electron chi connectivity index (χ4n) is 8.58. The van der Waals surface area contributed by atoms with Crippen molar-refractivity contribution < 1.29 is 28.7 Å². The zero-order chi connectivity index (χ0) is 42.5. The summed E-state index contributed by atoms with van der Waals surface area (Å²) in [7, 11) is 2.59. The quantitative estimate of drug-likeness (QED) is 0.103. The molecule has 2 aliphatic rings. The van der Waals surface area contributed by atoms with Crippen LogP contribution < -0.4 is 10.6 Å². The molecule has 2 saturated heterocycles. The Hall–Kier alpha value is -6.18. The minimum absolute atomic E-state index is 0.131. The maximum absolute atomic E-state index is 13.7. The zero-order valence-corrected chi connectivity index (χ0v) is 35.3. The molecule has 0 saturated carbocycles. The molecule has 14 nitrogen and oxygen atoms in total. The molecule has 0 spiro atoms. The number of imidazole rings is 2. The summed E-state index contributed by atoms with van der Waals surface area (Å²) in [6.45, 7) is 9.20. The van der Waals surface area contributed by atoms with Gasteiger partial charge < -0.3 is 39.9 Å². The van der Waals surface area contributed by atoms with Crippen LogP contribution in [0.1, 0.15) is 90.0 Å². The van der Waals surface area contributed by atoms with Crippen molar-refractivity contribution in [2.24, 2.45) is 11.8 Å². The highest BCUT2D eigenvalue weighted by Crippen LogP contribution is 2.36. The number of rotatable bonds is 11. The Morgan fingerprint density at radius 2 is 1.05 bits per heavy atom. The van der Waals surface area contributed by atoms with E-state index in [1.807, 2.05) is 36.0 Å². The Balaban J connectivity index is 1.04. The summed E-state index contributed by atoms with van der Waals surface area (Å²) in [4.78, 5) is 71.5. The van der Waals surface area contributed by atoms with Gasteiger partial charge in [0.25, 0.3) is 0 Å². The predicted octanol–water partition coefficient (Wildman–Crippen LogP) is 8.16. The van der Waals surface area contributed by atoms with Crippen LogP contribution in [0.2, 0.25) is 0 Å². The average Bonchev–Trinajstić information content (AvgIpc) is 3.98. The molecule has 2 fully saturated rings. The fraction of sp³-hybridized carbons (Fsp3) is 0.435. The number of aromatic amines is 2. The van der Waals surface area contributed by atoms with Crippen molar-refractivity contribution in [3.8, 4) is 33.6 Å². The second-order valence-electron chi connectivity index (χ2n) is 16.3. The molecular formula is C46H56N8O6. The number of methoxy groups -OCH3 is 2. The molecule has 4 amide bonds.